The van der Waals surface area contributed by atoms with Crippen molar-refractivity contribution in [3.63, 3.8) is 0 Å². The molecule has 1 aromatic carbocycles. The molecule has 1 aromatic rings. The highest BCUT2D eigenvalue weighted by Gasteiger charge is 2.51. The molecule has 2 atom stereocenters. The fourth-order valence-electron chi connectivity index (χ4n) is 4.19. The van der Waals surface area contributed by atoms with E-state index in [9.17, 15) is 9.59 Å². The minimum Gasteiger partial charge on any atom is -0.493 e. The Morgan fingerprint density at radius 1 is 1.15 bits per heavy atom. The molecule has 0 unspecified atom stereocenters. The number of piperidine rings is 1. The number of nitrogens with one attached hydrogen (secondary N) is 1. The van der Waals surface area contributed by atoms with Crippen molar-refractivity contribution < 1.29 is 14.3 Å². The second-order valence-electron chi connectivity index (χ2n) is 7.85. The van der Waals surface area contributed by atoms with Gasteiger partial charge in [-0.2, -0.15) is 0 Å². The highest BCUT2D eigenvalue weighted by atomic mass is 16.5. The first kappa shape index (κ1) is 17.4. The van der Waals surface area contributed by atoms with Gasteiger partial charge in [0.05, 0.1) is 12.2 Å². The molecule has 0 aromatic heterocycles. The van der Waals surface area contributed by atoms with Gasteiger partial charge >= 0.3 is 0 Å². The van der Waals surface area contributed by atoms with Crippen molar-refractivity contribution in [2.45, 2.75) is 45.1 Å². The smallest absolute Gasteiger partial charge is 0.257 e. The first-order valence-electron chi connectivity index (χ1n) is 9.99. The summed E-state index contributed by atoms with van der Waals surface area (Å²) in [4.78, 5) is 27.1. The first-order valence-corrected chi connectivity index (χ1v) is 9.99. The van der Waals surface area contributed by atoms with Gasteiger partial charge in [-0.05, 0) is 63.0 Å². The third-order valence-corrected chi connectivity index (χ3v) is 5.95. The number of rotatable bonds is 6. The molecule has 4 rings (SSSR count). The van der Waals surface area contributed by atoms with Crippen molar-refractivity contribution in [3.05, 3.63) is 29.8 Å². The van der Waals surface area contributed by atoms with Gasteiger partial charge in [-0.15, -0.1) is 0 Å². The van der Waals surface area contributed by atoms with Crippen molar-refractivity contribution in [1.82, 2.24) is 10.2 Å². The highest BCUT2D eigenvalue weighted by molar-refractivity contribution is 5.97. The van der Waals surface area contributed by atoms with Crippen LogP contribution in [0.3, 0.4) is 0 Å². The Hall–Kier alpha value is -2.04. The van der Waals surface area contributed by atoms with Crippen LogP contribution in [0.25, 0.3) is 0 Å². The largest absolute Gasteiger partial charge is 0.493 e. The van der Waals surface area contributed by atoms with Crippen molar-refractivity contribution in [1.29, 1.82) is 0 Å². The lowest BCUT2D eigenvalue weighted by molar-refractivity contribution is -0.123. The molecule has 0 spiro atoms. The van der Waals surface area contributed by atoms with Crippen molar-refractivity contribution in [2.24, 2.45) is 17.8 Å². The minimum atomic E-state index is 0.0230. The summed E-state index contributed by atoms with van der Waals surface area (Å²) in [5, 5.41) is 3.22. The summed E-state index contributed by atoms with van der Waals surface area (Å²) < 4.78 is 5.59. The zero-order valence-corrected chi connectivity index (χ0v) is 15.4. The Bertz CT molecular complexity index is 678. The summed E-state index contributed by atoms with van der Waals surface area (Å²) in [7, 11) is 0. The average molecular weight is 356 g/mol. The van der Waals surface area contributed by atoms with Crippen LogP contribution in [0, 0.1) is 17.8 Å². The molecule has 0 radical (unpaired) electrons. The van der Waals surface area contributed by atoms with Crippen molar-refractivity contribution in [2.75, 3.05) is 19.7 Å². The van der Waals surface area contributed by atoms with Gasteiger partial charge in [0.15, 0.2) is 0 Å². The summed E-state index contributed by atoms with van der Waals surface area (Å²) in [6, 6.07) is 7.63. The fraction of sp³-hybridized carbons (Fsp3) is 0.619. The van der Waals surface area contributed by atoms with E-state index in [0.29, 0.717) is 36.9 Å². The van der Waals surface area contributed by atoms with Crippen LogP contribution in [-0.4, -0.2) is 42.5 Å². The van der Waals surface area contributed by atoms with Crippen LogP contribution in [0.5, 0.6) is 5.75 Å². The maximum Gasteiger partial charge on any atom is 0.257 e. The van der Waals surface area contributed by atoms with E-state index in [2.05, 4.69) is 5.32 Å². The number of nitrogens with zero attached hydrogens (tertiary/aromatic N) is 1. The molecule has 1 N–H and O–H groups in total. The number of likely N-dealkylation sites (tertiary alicyclic amines) is 1. The number of ether oxygens (including phenoxy) is 1. The molecular weight excluding hydrogens is 328 g/mol. The van der Waals surface area contributed by atoms with Gasteiger partial charge < -0.3 is 15.0 Å². The van der Waals surface area contributed by atoms with E-state index in [1.54, 1.807) is 0 Å². The standard InChI is InChI=1S/C21H28N2O3/c1-2-26-19-6-4-3-5-16(19)21(25)23-11-9-15(10-12-23)22-20(24)18-13-17(18)14-7-8-14/h3-6,14-15,17-18H,2,7-13H2,1H3,(H,22,24)/t17-,18-/m0/s1. The normalized spacial score (nSPS) is 25.7. The van der Waals surface area contributed by atoms with Gasteiger partial charge in [0.25, 0.3) is 5.91 Å². The third kappa shape index (κ3) is 3.71. The van der Waals surface area contributed by atoms with Gasteiger partial charge in [0, 0.05) is 25.0 Å². The van der Waals surface area contributed by atoms with Gasteiger partial charge in [0.2, 0.25) is 5.91 Å². The van der Waals surface area contributed by atoms with Gasteiger partial charge in [0.1, 0.15) is 5.75 Å². The summed E-state index contributed by atoms with van der Waals surface area (Å²) >= 11 is 0. The number of para-hydroxylation sites is 1. The van der Waals surface area contributed by atoms with E-state index in [0.717, 1.165) is 25.2 Å². The van der Waals surface area contributed by atoms with Crippen molar-refractivity contribution in [3.8, 4) is 5.75 Å². The Morgan fingerprint density at radius 2 is 1.88 bits per heavy atom. The fourth-order valence-corrected chi connectivity index (χ4v) is 4.19. The van der Waals surface area contributed by atoms with Crippen LogP contribution < -0.4 is 10.1 Å². The van der Waals surface area contributed by atoms with E-state index < -0.39 is 0 Å². The molecule has 1 heterocycles. The topological polar surface area (TPSA) is 58.6 Å². The summed E-state index contributed by atoms with van der Waals surface area (Å²) in [6.45, 7) is 3.83. The predicted octanol–water partition coefficient (Wildman–Crippen LogP) is 2.85. The maximum atomic E-state index is 12.8. The molecule has 5 heteroatoms. The van der Waals surface area contributed by atoms with Crippen LogP contribution in [-0.2, 0) is 4.79 Å². The van der Waals surface area contributed by atoms with E-state index in [1.807, 2.05) is 36.1 Å². The quantitative estimate of drug-likeness (QED) is 0.853. The maximum absolute atomic E-state index is 12.8. The summed E-state index contributed by atoms with van der Waals surface area (Å²) in [6.07, 6.45) is 5.38. The lowest BCUT2D eigenvalue weighted by Gasteiger charge is -2.32. The summed E-state index contributed by atoms with van der Waals surface area (Å²) in [5.74, 6) is 2.67. The average Bonchev–Trinajstić information content (AvgIpc) is 3.55. The molecule has 1 saturated heterocycles. The second-order valence-corrected chi connectivity index (χ2v) is 7.85. The lowest BCUT2D eigenvalue weighted by atomic mass is 10.0. The molecule has 3 fully saturated rings. The molecular formula is C21H28N2O3. The van der Waals surface area contributed by atoms with Gasteiger partial charge in [-0.3, -0.25) is 9.59 Å². The lowest BCUT2D eigenvalue weighted by Crippen LogP contribution is -2.47. The Kier molecular flexibility index (Phi) is 4.88. The summed E-state index contributed by atoms with van der Waals surface area (Å²) in [5.41, 5.74) is 0.627. The van der Waals surface area contributed by atoms with E-state index in [4.69, 9.17) is 4.74 Å². The Labute approximate surface area is 155 Å². The number of benzene rings is 1. The third-order valence-electron chi connectivity index (χ3n) is 5.95. The number of carbonyl (C=O) groups excluding carboxylic acids is 2. The minimum absolute atomic E-state index is 0.0230. The predicted molar refractivity (Wildman–Crippen MR) is 99.0 cm³/mol. The van der Waals surface area contributed by atoms with E-state index in [1.165, 1.54) is 12.8 Å². The molecule has 26 heavy (non-hydrogen) atoms. The first-order chi connectivity index (χ1) is 12.7. The molecule has 2 amide bonds. The van der Waals surface area contributed by atoms with Crippen LogP contribution >= 0.6 is 0 Å². The molecule has 3 aliphatic rings. The highest BCUT2D eigenvalue weighted by Crippen LogP contribution is 2.54. The second kappa shape index (κ2) is 7.29. The molecule has 140 valence electrons. The molecule has 5 nitrogen and oxygen atoms in total. The van der Waals surface area contributed by atoms with Crippen LogP contribution in [0.4, 0.5) is 0 Å². The zero-order valence-electron chi connectivity index (χ0n) is 15.4. The molecule has 1 aliphatic heterocycles. The van der Waals surface area contributed by atoms with Crippen LogP contribution in [0.15, 0.2) is 24.3 Å². The Morgan fingerprint density at radius 3 is 2.58 bits per heavy atom. The van der Waals surface area contributed by atoms with E-state index >= 15 is 0 Å². The van der Waals surface area contributed by atoms with E-state index in [-0.39, 0.29) is 23.8 Å². The molecule has 0 bridgehead atoms. The zero-order chi connectivity index (χ0) is 18.1. The Balaban J connectivity index is 1.28. The molecule has 2 aliphatic carbocycles. The van der Waals surface area contributed by atoms with Crippen LogP contribution in [0.1, 0.15) is 49.4 Å². The molecule has 2 saturated carbocycles. The monoisotopic (exact) mass is 356 g/mol. The van der Waals surface area contributed by atoms with Gasteiger partial charge in [-0.1, -0.05) is 12.1 Å². The number of hydrogen-bond donors (Lipinski definition) is 1. The number of amides is 2. The number of hydrogen-bond acceptors (Lipinski definition) is 3. The van der Waals surface area contributed by atoms with Crippen molar-refractivity contribution >= 4 is 11.8 Å². The van der Waals surface area contributed by atoms with Gasteiger partial charge in [-0.25, -0.2) is 0 Å². The SMILES string of the molecule is CCOc1ccccc1C(=O)N1CCC(NC(=O)[C@H]2C[C@H]2C2CC2)CC1. The number of carbonyl (C=O) groups is 2. The van der Waals surface area contributed by atoms with Crippen LogP contribution in [0.2, 0.25) is 0 Å².